The highest BCUT2D eigenvalue weighted by molar-refractivity contribution is 7.15. The van der Waals surface area contributed by atoms with E-state index in [2.05, 4.69) is 11.1 Å². The van der Waals surface area contributed by atoms with Crippen LogP contribution in [0.4, 0.5) is 0 Å². The molecule has 0 atom stereocenters. The van der Waals surface area contributed by atoms with E-state index in [1.165, 1.54) is 0 Å². The van der Waals surface area contributed by atoms with Gasteiger partial charge in [-0.05, 0) is 13.0 Å². The van der Waals surface area contributed by atoms with Crippen LogP contribution in [-0.2, 0) is 0 Å². The van der Waals surface area contributed by atoms with E-state index < -0.39 is 0 Å². The number of hydrogen-bond donors (Lipinski definition) is 0. The lowest BCUT2D eigenvalue weighted by molar-refractivity contribution is 1.30. The Morgan fingerprint density at radius 1 is 1.00 bits per heavy atom. The van der Waals surface area contributed by atoms with Gasteiger partial charge in [-0.3, -0.25) is 0 Å². The second-order valence-electron chi connectivity index (χ2n) is 4.43. The van der Waals surface area contributed by atoms with E-state index >= 15 is 0 Å². The molecule has 2 aromatic carbocycles. The summed E-state index contributed by atoms with van der Waals surface area (Å²) in [4.78, 5) is 5.70. The monoisotopic (exact) mass is 276 g/mol. The smallest absolute Gasteiger partial charge is 0.0998 e. The summed E-state index contributed by atoms with van der Waals surface area (Å²) in [6, 6.07) is 20.0. The molecule has 3 heteroatoms. The van der Waals surface area contributed by atoms with Crippen LogP contribution in [0.25, 0.3) is 21.7 Å². The molecule has 3 aromatic rings. The summed E-state index contributed by atoms with van der Waals surface area (Å²) in [6.07, 6.45) is 0. The van der Waals surface area contributed by atoms with Gasteiger partial charge in [-0.2, -0.15) is 5.26 Å². The molecule has 0 aliphatic heterocycles. The van der Waals surface area contributed by atoms with Crippen LogP contribution in [0.2, 0.25) is 0 Å². The Balaban J connectivity index is 2.24. The van der Waals surface area contributed by atoms with Crippen molar-refractivity contribution in [1.29, 1.82) is 5.26 Å². The van der Waals surface area contributed by atoms with Gasteiger partial charge in [0.15, 0.2) is 0 Å². The van der Waals surface area contributed by atoms with Gasteiger partial charge in [-0.1, -0.05) is 48.5 Å². The third-order valence-electron chi connectivity index (χ3n) is 3.07. The molecule has 20 heavy (non-hydrogen) atoms. The second kappa shape index (κ2) is 5.28. The first-order chi connectivity index (χ1) is 9.79. The molecule has 0 aliphatic carbocycles. The molecule has 0 unspecified atom stereocenters. The lowest BCUT2D eigenvalue weighted by Gasteiger charge is -2.04. The Morgan fingerprint density at radius 3 is 2.45 bits per heavy atom. The first-order valence-corrected chi connectivity index (χ1v) is 7.13. The number of rotatable bonds is 2. The largest absolute Gasteiger partial charge is 0.241 e. The minimum atomic E-state index is 0.688. The molecule has 0 fully saturated rings. The first-order valence-electron chi connectivity index (χ1n) is 6.32. The van der Waals surface area contributed by atoms with Crippen LogP contribution < -0.4 is 0 Å². The molecule has 2 nitrogen and oxygen atoms in total. The third kappa shape index (κ3) is 2.22. The summed E-state index contributed by atoms with van der Waals surface area (Å²) in [5.74, 6) is 0. The van der Waals surface area contributed by atoms with E-state index in [0.717, 1.165) is 26.7 Å². The number of aromatic nitrogens is 1. The highest BCUT2D eigenvalue weighted by Gasteiger charge is 2.15. The lowest BCUT2D eigenvalue weighted by atomic mass is 10.0. The Morgan fingerprint density at radius 2 is 1.70 bits per heavy atom. The molecule has 0 bridgehead atoms. The fraction of sp³-hybridized carbons (Fsp3) is 0.0588. The van der Waals surface area contributed by atoms with Crippen LogP contribution in [0.1, 0.15) is 10.6 Å². The molecule has 0 spiro atoms. The predicted octanol–water partition coefficient (Wildman–Crippen LogP) is 4.66. The van der Waals surface area contributed by atoms with E-state index in [9.17, 15) is 5.26 Å². The summed E-state index contributed by atoms with van der Waals surface area (Å²) in [5, 5.41) is 10.3. The van der Waals surface area contributed by atoms with Crippen LogP contribution in [0.3, 0.4) is 0 Å². The Kier molecular flexibility index (Phi) is 3.32. The average Bonchev–Trinajstić information content (AvgIpc) is 2.90. The first kappa shape index (κ1) is 12.6. The molecule has 0 saturated heterocycles. The summed E-state index contributed by atoms with van der Waals surface area (Å²) < 4.78 is 0. The normalized spacial score (nSPS) is 10.2. The van der Waals surface area contributed by atoms with Crippen molar-refractivity contribution in [3.63, 3.8) is 0 Å². The number of nitriles is 1. The van der Waals surface area contributed by atoms with Crippen LogP contribution in [0, 0.1) is 18.3 Å². The summed E-state index contributed by atoms with van der Waals surface area (Å²) in [6.45, 7) is 2.00. The van der Waals surface area contributed by atoms with Gasteiger partial charge >= 0.3 is 0 Å². The lowest BCUT2D eigenvalue weighted by Crippen LogP contribution is -1.85. The van der Waals surface area contributed by atoms with Gasteiger partial charge in [0.05, 0.1) is 27.2 Å². The summed E-state index contributed by atoms with van der Waals surface area (Å²) in [5.41, 5.74) is 3.68. The highest BCUT2D eigenvalue weighted by Crippen LogP contribution is 2.37. The summed E-state index contributed by atoms with van der Waals surface area (Å²) in [7, 11) is 0. The molecule has 0 saturated carbocycles. The zero-order chi connectivity index (χ0) is 13.9. The van der Waals surface area contributed by atoms with Gasteiger partial charge in [-0.15, -0.1) is 11.3 Å². The Hall–Kier alpha value is -2.44. The zero-order valence-electron chi connectivity index (χ0n) is 11.0. The van der Waals surface area contributed by atoms with Crippen molar-refractivity contribution in [2.75, 3.05) is 0 Å². The van der Waals surface area contributed by atoms with Gasteiger partial charge in [-0.25, -0.2) is 4.98 Å². The van der Waals surface area contributed by atoms with Crippen molar-refractivity contribution in [3.05, 3.63) is 65.2 Å². The predicted molar refractivity (Wildman–Crippen MR) is 82.4 cm³/mol. The fourth-order valence-corrected chi connectivity index (χ4v) is 3.16. The number of nitrogens with zero attached hydrogens (tertiary/aromatic N) is 2. The van der Waals surface area contributed by atoms with Gasteiger partial charge in [0, 0.05) is 11.1 Å². The highest BCUT2D eigenvalue weighted by atomic mass is 32.1. The minimum Gasteiger partial charge on any atom is -0.241 e. The summed E-state index contributed by atoms with van der Waals surface area (Å²) >= 11 is 1.63. The standard InChI is InChI=1S/C17H12N2S/c1-12-19-16(13-7-3-2-4-8-13)17(20-12)15-10-6-5-9-14(15)11-18/h2-10H,1H3. The van der Waals surface area contributed by atoms with E-state index in [1.807, 2.05) is 61.5 Å². The van der Waals surface area contributed by atoms with Gasteiger partial charge < -0.3 is 0 Å². The van der Waals surface area contributed by atoms with E-state index in [-0.39, 0.29) is 0 Å². The van der Waals surface area contributed by atoms with Crippen LogP contribution in [0.5, 0.6) is 0 Å². The van der Waals surface area contributed by atoms with E-state index in [0.29, 0.717) is 5.56 Å². The maximum absolute atomic E-state index is 9.28. The third-order valence-corrected chi connectivity index (χ3v) is 4.08. The molecular weight excluding hydrogens is 264 g/mol. The number of aryl methyl sites for hydroxylation is 1. The molecule has 3 rings (SSSR count). The molecule has 0 aliphatic rings. The van der Waals surface area contributed by atoms with Gasteiger partial charge in [0.1, 0.15) is 0 Å². The molecule has 1 aromatic heterocycles. The van der Waals surface area contributed by atoms with Gasteiger partial charge in [0.2, 0.25) is 0 Å². The topological polar surface area (TPSA) is 36.7 Å². The zero-order valence-corrected chi connectivity index (χ0v) is 11.8. The van der Waals surface area contributed by atoms with Crippen LogP contribution in [-0.4, -0.2) is 4.98 Å². The Bertz CT molecular complexity index is 782. The van der Waals surface area contributed by atoms with E-state index in [4.69, 9.17) is 0 Å². The molecule has 0 radical (unpaired) electrons. The fourth-order valence-electron chi connectivity index (χ4n) is 2.18. The van der Waals surface area contributed by atoms with Crippen molar-refractivity contribution >= 4 is 11.3 Å². The van der Waals surface area contributed by atoms with E-state index in [1.54, 1.807) is 11.3 Å². The SMILES string of the molecule is Cc1nc(-c2ccccc2)c(-c2ccccc2C#N)s1. The minimum absolute atomic E-state index is 0.688. The maximum atomic E-state index is 9.28. The molecule has 0 amide bonds. The number of hydrogen-bond acceptors (Lipinski definition) is 3. The van der Waals surface area contributed by atoms with Crippen LogP contribution in [0.15, 0.2) is 54.6 Å². The number of thiazole rings is 1. The number of benzene rings is 2. The van der Waals surface area contributed by atoms with Crippen LogP contribution >= 0.6 is 11.3 Å². The van der Waals surface area contributed by atoms with Crippen molar-refractivity contribution in [2.24, 2.45) is 0 Å². The average molecular weight is 276 g/mol. The maximum Gasteiger partial charge on any atom is 0.0998 e. The molecule has 96 valence electrons. The Labute approximate surface area is 122 Å². The van der Waals surface area contributed by atoms with Crippen molar-refractivity contribution in [3.8, 4) is 27.8 Å². The van der Waals surface area contributed by atoms with Crippen molar-refractivity contribution < 1.29 is 0 Å². The molecular formula is C17H12N2S. The molecule has 0 N–H and O–H groups in total. The second-order valence-corrected chi connectivity index (χ2v) is 5.64. The molecule has 1 heterocycles. The van der Waals surface area contributed by atoms with Gasteiger partial charge in [0.25, 0.3) is 0 Å². The van der Waals surface area contributed by atoms with Crippen molar-refractivity contribution in [1.82, 2.24) is 4.98 Å². The quantitative estimate of drug-likeness (QED) is 0.682. The van der Waals surface area contributed by atoms with Crippen molar-refractivity contribution in [2.45, 2.75) is 6.92 Å².